The Balaban J connectivity index is 2.26. The molecule has 1 saturated heterocycles. The van der Waals surface area contributed by atoms with Crippen molar-refractivity contribution in [1.82, 2.24) is 5.32 Å². The predicted molar refractivity (Wildman–Crippen MR) is 21.1 cm³/mol. The van der Waals surface area contributed by atoms with Gasteiger partial charge < -0.3 is 14.9 Å². The van der Waals surface area contributed by atoms with Crippen LogP contribution in [0.4, 0.5) is 0 Å². The van der Waals surface area contributed by atoms with Crippen molar-refractivity contribution in [3.8, 4) is 0 Å². The lowest BCUT2D eigenvalue weighted by Crippen LogP contribution is -2.20. The minimum absolute atomic E-state index is 0.307. The molecule has 2 atom stereocenters. The number of hydrogen-bond acceptors (Lipinski definition) is 4. The third-order valence-corrected chi connectivity index (χ3v) is 0.753. The molecule has 3 N–H and O–H groups in total. The second kappa shape index (κ2) is 1.75. The van der Waals surface area contributed by atoms with E-state index in [9.17, 15) is 0 Å². The first-order valence-electron chi connectivity index (χ1n) is 2.04. The average molecular weight is 105 g/mol. The van der Waals surface area contributed by atoms with Gasteiger partial charge in [-0.05, 0) is 0 Å². The molecule has 0 bridgehead atoms. The van der Waals surface area contributed by atoms with Gasteiger partial charge in [0.05, 0.1) is 6.54 Å². The van der Waals surface area contributed by atoms with Crippen molar-refractivity contribution in [2.24, 2.45) is 0 Å². The van der Waals surface area contributed by atoms with Crippen molar-refractivity contribution < 1.29 is 14.9 Å². The van der Waals surface area contributed by atoms with Gasteiger partial charge in [0.15, 0.2) is 6.29 Å². The summed E-state index contributed by atoms with van der Waals surface area (Å²) in [6.07, 6.45) is -1.81. The van der Waals surface area contributed by atoms with Crippen LogP contribution in [-0.4, -0.2) is 29.5 Å². The van der Waals surface area contributed by atoms with Gasteiger partial charge in [0, 0.05) is 0 Å². The SMILES string of the molecule is OC1CNC(O)O1. The van der Waals surface area contributed by atoms with Gasteiger partial charge in [0.1, 0.15) is 0 Å². The first-order valence-corrected chi connectivity index (χ1v) is 2.04. The van der Waals surface area contributed by atoms with Gasteiger partial charge in [-0.3, -0.25) is 5.32 Å². The summed E-state index contributed by atoms with van der Waals surface area (Å²) < 4.78 is 4.36. The van der Waals surface area contributed by atoms with E-state index >= 15 is 0 Å². The van der Waals surface area contributed by atoms with Crippen LogP contribution in [0.25, 0.3) is 0 Å². The Morgan fingerprint density at radius 2 is 2.29 bits per heavy atom. The molecule has 1 aliphatic rings. The van der Waals surface area contributed by atoms with Crippen LogP contribution in [0.1, 0.15) is 0 Å². The molecule has 1 aliphatic heterocycles. The van der Waals surface area contributed by atoms with E-state index in [1.165, 1.54) is 0 Å². The van der Waals surface area contributed by atoms with Gasteiger partial charge in [-0.15, -0.1) is 0 Å². The van der Waals surface area contributed by atoms with E-state index in [0.29, 0.717) is 6.54 Å². The van der Waals surface area contributed by atoms with E-state index in [1.807, 2.05) is 0 Å². The molecular formula is C3H7NO3. The topological polar surface area (TPSA) is 61.7 Å². The summed E-state index contributed by atoms with van der Waals surface area (Å²) >= 11 is 0. The van der Waals surface area contributed by atoms with E-state index in [1.54, 1.807) is 0 Å². The van der Waals surface area contributed by atoms with Crippen molar-refractivity contribution >= 4 is 0 Å². The van der Waals surface area contributed by atoms with Crippen LogP contribution in [-0.2, 0) is 4.74 Å². The molecule has 1 rings (SSSR count). The molecule has 0 radical (unpaired) electrons. The van der Waals surface area contributed by atoms with E-state index in [4.69, 9.17) is 10.2 Å². The van der Waals surface area contributed by atoms with Gasteiger partial charge in [0.2, 0.25) is 6.41 Å². The highest BCUT2D eigenvalue weighted by molar-refractivity contribution is 4.54. The van der Waals surface area contributed by atoms with Gasteiger partial charge in [-0.1, -0.05) is 0 Å². The summed E-state index contributed by atoms with van der Waals surface area (Å²) in [6.45, 7) is 0.307. The average Bonchev–Trinajstić information content (AvgIpc) is 1.87. The third-order valence-electron chi connectivity index (χ3n) is 0.753. The normalized spacial score (nSPS) is 42.0. The number of hydrogen-bond donors (Lipinski definition) is 3. The van der Waals surface area contributed by atoms with Crippen LogP contribution in [0.5, 0.6) is 0 Å². The fourth-order valence-electron chi connectivity index (χ4n) is 0.447. The van der Waals surface area contributed by atoms with Gasteiger partial charge in [-0.25, -0.2) is 0 Å². The van der Waals surface area contributed by atoms with Gasteiger partial charge in [0.25, 0.3) is 0 Å². The first-order chi connectivity index (χ1) is 3.29. The summed E-state index contributed by atoms with van der Waals surface area (Å²) in [4.78, 5) is 0. The van der Waals surface area contributed by atoms with Crippen molar-refractivity contribution in [2.45, 2.75) is 12.7 Å². The largest absolute Gasteiger partial charge is 0.367 e. The van der Waals surface area contributed by atoms with Crippen molar-refractivity contribution in [3.63, 3.8) is 0 Å². The second-order valence-corrected chi connectivity index (χ2v) is 1.35. The summed E-state index contributed by atoms with van der Waals surface area (Å²) in [7, 11) is 0. The molecule has 0 saturated carbocycles. The van der Waals surface area contributed by atoms with E-state index < -0.39 is 12.7 Å². The van der Waals surface area contributed by atoms with E-state index in [2.05, 4.69) is 10.1 Å². The monoisotopic (exact) mass is 105 g/mol. The van der Waals surface area contributed by atoms with Gasteiger partial charge >= 0.3 is 0 Å². The molecule has 4 heteroatoms. The number of β-amino-alcohol motifs (C(OH)–C–C–N with tert-alkyl or cyclic N) is 1. The molecule has 4 nitrogen and oxygen atoms in total. The highest BCUT2D eigenvalue weighted by atomic mass is 16.7. The van der Waals surface area contributed by atoms with Crippen LogP contribution in [0.2, 0.25) is 0 Å². The highest BCUT2D eigenvalue weighted by Gasteiger charge is 2.18. The fraction of sp³-hybridized carbons (Fsp3) is 1.00. The Hall–Kier alpha value is -0.160. The Bertz CT molecular complexity index is 59.2. The maximum absolute atomic E-state index is 8.45. The molecule has 1 heterocycles. The Morgan fingerprint density at radius 1 is 1.57 bits per heavy atom. The van der Waals surface area contributed by atoms with Crippen molar-refractivity contribution in [1.29, 1.82) is 0 Å². The lowest BCUT2D eigenvalue weighted by Gasteiger charge is -1.98. The van der Waals surface area contributed by atoms with Crippen LogP contribution in [0.3, 0.4) is 0 Å². The first kappa shape index (κ1) is 4.99. The maximum atomic E-state index is 8.45. The second-order valence-electron chi connectivity index (χ2n) is 1.35. The Morgan fingerprint density at radius 3 is 2.43 bits per heavy atom. The number of aliphatic hydroxyl groups excluding tert-OH is 2. The standard InChI is InChI=1S/C3H7NO3/c5-2-1-4-3(6)7-2/h2-6H,1H2. The number of nitrogens with one attached hydrogen (secondary N) is 1. The Kier molecular flexibility index (Phi) is 1.25. The smallest absolute Gasteiger partial charge is 0.216 e. The molecule has 0 amide bonds. The predicted octanol–water partition coefficient (Wildman–Crippen LogP) is -1.80. The molecule has 2 unspecified atom stereocenters. The zero-order chi connectivity index (χ0) is 5.28. The highest BCUT2D eigenvalue weighted by Crippen LogP contribution is 1.96. The number of ether oxygens (including phenoxy) is 1. The molecule has 1 fully saturated rings. The van der Waals surface area contributed by atoms with Crippen LogP contribution >= 0.6 is 0 Å². The van der Waals surface area contributed by atoms with Crippen LogP contribution in [0.15, 0.2) is 0 Å². The third kappa shape index (κ3) is 1.10. The fourth-order valence-corrected chi connectivity index (χ4v) is 0.447. The van der Waals surface area contributed by atoms with Crippen molar-refractivity contribution in [3.05, 3.63) is 0 Å². The number of rotatable bonds is 0. The van der Waals surface area contributed by atoms with E-state index in [0.717, 1.165) is 0 Å². The zero-order valence-electron chi connectivity index (χ0n) is 3.66. The molecule has 0 spiro atoms. The van der Waals surface area contributed by atoms with Gasteiger partial charge in [-0.2, -0.15) is 0 Å². The molecule has 0 aliphatic carbocycles. The van der Waals surface area contributed by atoms with Crippen molar-refractivity contribution in [2.75, 3.05) is 6.54 Å². The molecule has 0 aromatic heterocycles. The zero-order valence-corrected chi connectivity index (χ0v) is 3.66. The Labute approximate surface area is 40.7 Å². The lowest BCUT2D eigenvalue weighted by molar-refractivity contribution is -0.163. The summed E-state index contributed by atoms with van der Waals surface area (Å²) in [6, 6.07) is 0. The maximum Gasteiger partial charge on any atom is 0.216 e. The quantitative estimate of drug-likeness (QED) is 0.340. The minimum Gasteiger partial charge on any atom is -0.367 e. The van der Waals surface area contributed by atoms with Crippen LogP contribution < -0.4 is 5.32 Å². The lowest BCUT2D eigenvalue weighted by atomic mass is 10.7. The number of aliphatic hydroxyl groups is 2. The minimum atomic E-state index is -0.977. The van der Waals surface area contributed by atoms with Crippen LogP contribution in [0, 0.1) is 0 Å². The summed E-state index contributed by atoms with van der Waals surface area (Å²) in [5.74, 6) is 0. The molecule has 0 aromatic rings. The summed E-state index contributed by atoms with van der Waals surface area (Å²) in [5, 5.41) is 19.3. The summed E-state index contributed by atoms with van der Waals surface area (Å²) in [5.41, 5.74) is 0. The molecule has 42 valence electrons. The van der Waals surface area contributed by atoms with E-state index in [-0.39, 0.29) is 0 Å². The molecule has 0 aromatic carbocycles. The molecular weight excluding hydrogens is 98.0 g/mol. The molecule has 7 heavy (non-hydrogen) atoms.